The van der Waals surface area contributed by atoms with E-state index in [4.69, 9.17) is 9.47 Å². The van der Waals surface area contributed by atoms with Crippen molar-refractivity contribution in [1.82, 2.24) is 24.3 Å². The first-order chi connectivity index (χ1) is 9.78. The molecule has 2 aromatic heterocycles. The Morgan fingerprint density at radius 3 is 3.10 bits per heavy atom. The van der Waals surface area contributed by atoms with E-state index in [1.165, 1.54) is 12.4 Å². The number of aliphatic hydroxyl groups is 1. The Labute approximate surface area is 112 Å². The van der Waals surface area contributed by atoms with E-state index in [0.29, 0.717) is 0 Å². The minimum absolute atomic E-state index is 0.163. The van der Waals surface area contributed by atoms with Crippen molar-refractivity contribution in [3.8, 4) is 6.01 Å². The SMILES string of the molecule is O=c1ccn2c(n1)O[C@H]1[C@@H](n3cncn3)[C@@H](CO)O[C@H]12. The van der Waals surface area contributed by atoms with Gasteiger partial charge in [-0.05, 0) is 0 Å². The summed E-state index contributed by atoms with van der Waals surface area (Å²) in [5, 5.41) is 13.5. The zero-order valence-corrected chi connectivity index (χ0v) is 10.2. The Morgan fingerprint density at radius 1 is 1.45 bits per heavy atom. The fourth-order valence-electron chi connectivity index (χ4n) is 2.71. The molecule has 0 aromatic carbocycles. The molecule has 9 nitrogen and oxygen atoms in total. The highest BCUT2D eigenvalue weighted by Gasteiger charge is 2.52. The molecule has 0 aliphatic carbocycles. The molecule has 4 heterocycles. The molecule has 9 heteroatoms. The van der Waals surface area contributed by atoms with Crippen LogP contribution in [-0.4, -0.2) is 48.2 Å². The van der Waals surface area contributed by atoms with Crippen LogP contribution in [0.2, 0.25) is 0 Å². The first-order valence-electron chi connectivity index (χ1n) is 6.14. The number of nitrogens with zero attached hydrogens (tertiary/aromatic N) is 5. The fraction of sp³-hybridized carbons (Fsp3) is 0.455. The van der Waals surface area contributed by atoms with Gasteiger partial charge in [0.05, 0.1) is 6.61 Å². The van der Waals surface area contributed by atoms with Gasteiger partial charge in [-0.2, -0.15) is 10.1 Å². The van der Waals surface area contributed by atoms with E-state index in [1.54, 1.807) is 21.8 Å². The van der Waals surface area contributed by atoms with Crippen LogP contribution in [0, 0.1) is 0 Å². The predicted molar refractivity (Wildman–Crippen MR) is 63.0 cm³/mol. The summed E-state index contributed by atoms with van der Waals surface area (Å²) in [6, 6.07) is 1.23. The summed E-state index contributed by atoms with van der Waals surface area (Å²) in [4.78, 5) is 19.0. The van der Waals surface area contributed by atoms with Gasteiger partial charge in [0, 0.05) is 12.3 Å². The molecule has 2 aromatic rings. The molecular weight excluding hydrogens is 266 g/mol. The van der Waals surface area contributed by atoms with Gasteiger partial charge in [-0.3, -0.25) is 9.36 Å². The van der Waals surface area contributed by atoms with Crippen LogP contribution in [0.3, 0.4) is 0 Å². The molecule has 0 bridgehead atoms. The standard InChI is InChI=1S/C11H11N5O4/c17-3-6-8(16-5-12-4-13-16)9-10(19-6)15-2-1-7(18)14-11(15)20-9/h1-2,4-6,8-10,17H,3H2/t6-,8+,9+,10-/m1/s1. The van der Waals surface area contributed by atoms with Crippen molar-refractivity contribution in [2.75, 3.05) is 6.61 Å². The number of rotatable bonds is 2. The smallest absolute Gasteiger partial charge is 0.302 e. The Morgan fingerprint density at radius 2 is 2.35 bits per heavy atom. The maximum atomic E-state index is 11.3. The molecule has 1 saturated heterocycles. The van der Waals surface area contributed by atoms with E-state index in [1.807, 2.05) is 0 Å². The van der Waals surface area contributed by atoms with Crippen LogP contribution >= 0.6 is 0 Å². The lowest BCUT2D eigenvalue weighted by molar-refractivity contribution is -0.0305. The Balaban J connectivity index is 1.76. The maximum Gasteiger partial charge on any atom is 0.302 e. The highest BCUT2D eigenvalue weighted by atomic mass is 16.6. The Bertz CT molecular complexity index is 684. The molecule has 1 fully saturated rings. The second-order valence-electron chi connectivity index (χ2n) is 4.65. The van der Waals surface area contributed by atoms with E-state index in [9.17, 15) is 9.90 Å². The Kier molecular flexibility index (Phi) is 2.38. The molecule has 0 amide bonds. The van der Waals surface area contributed by atoms with Crippen molar-refractivity contribution in [3.05, 3.63) is 35.3 Å². The van der Waals surface area contributed by atoms with Gasteiger partial charge in [-0.15, -0.1) is 0 Å². The molecule has 0 radical (unpaired) electrons. The van der Waals surface area contributed by atoms with Crippen LogP contribution in [0.1, 0.15) is 12.3 Å². The molecule has 1 N–H and O–H groups in total. The van der Waals surface area contributed by atoms with Gasteiger partial charge in [0.2, 0.25) is 0 Å². The topological polar surface area (TPSA) is 104 Å². The predicted octanol–water partition coefficient (Wildman–Crippen LogP) is -1.27. The summed E-state index contributed by atoms with van der Waals surface area (Å²) in [6.45, 7) is -0.163. The first-order valence-corrected chi connectivity index (χ1v) is 6.14. The summed E-state index contributed by atoms with van der Waals surface area (Å²) in [5.74, 6) is 0. The monoisotopic (exact) mass is 277 g/mol. The third-order valence-electron chi connectivity index (χ3n) is 3.55. The summed E-state index contributed by atoms with van der Waals surface area (Å²) in [7, 11) is 0. The lowest BCUT2D eigenvalue weighted by atomic mass is 10.1. The zero-order chi connectivity index (χ0) is 13.7. The number of fused-ring (bicyclic) bond motifs is 3. The van der Waals surface area contributed by atoms with Crippen molar-refractivity contribution < 1.29 is 14.6 Å². The molecule has 4 atom stereocenters. The van der Waals surface area contributed by atoms with E-state index < -0.39 is 18.4 Å². The highest BCUT2D eigenvalue weighted by molar-refractivity contribution is 5.11. The van der Waals surface area contributed by atoms with Gasteiger partial charge in [0.25, 0.3) is 5.56 Å². The van der Waals surface area contributed by atoms with Crippen LogP contribution in [0.4, 0.5) is 0 Å². The van der Waals surface area contributed by atoms with Crippen LogP contribution in [0.5, 0.6) is 6.01 Å². The summed E-state index contributed by atoms with van der Waals surface area (Å²) in [5.41, 5.74) is -0.368. The Hall–Kier alpha value is -2.26. The van der Waals surface area contributed by atoms with Crippen LogP contribution in [0.25, 0.3) is 0 Å². The van der Waals surface area contributed by atoms with E-state index in [0.717, 1.165) is 0 Å². The summed E-state index contributed by atoms with van der Waals surface area (Å²) in [6.07, 6.45) is 3.22. The van der Waals surface area contributed by atoms with Gasteiger partial charge in [0.1, 0.15) is 24.8 Å². The fourth-order valence-corrected chi connectivity index (χ4v) is 2.71. The van der Waals surface area contributed by atoms with Gasteiger partial charge in [-0.25, -0.2) is 9.67 Å². The van der Waals surface area contributed by atoms with Gasteiger partial charge >= 0.3 is 6.01 Å². The highest BCUT2D eigenvalue weighted by Crippen LogP contribution is 2.43. The van der Waals surface area contributed by atoms with Crippen molar-refractivity contribution in [2.24, 2.45) is 0 Å². The molecule has 2 aliphatic rings. The van der Waals surface area contributed by atoms with Gasteiger partial charge < -0.3 is 14.6 Å². The molecule has 20 heavy (non-hydrogen) atoms. The van der Waals surface area contributed by atoms with E-state index in [2.05, 4.69) is 15.1 Å². The molecule has 4 rings (SSSR count). The summed E-state index contributed by atoms with van der Waals surface area (Å²) >= 11 is 0. The second-order valence-corrected chi connectivity index (χ2v) is 4.65. The van der Waals surface area contributed by atoms with Crippen molar-refractivity contribution in [2.45, 2.75) is 24.5 Å². The minimum atomic E-state index is -0.459. The van der Waals surface area contributed by atoms with Crippen molar-refractivity contribution in [3.63, 3.8) is 0 Å². The van der Waals surface area contributed by atoms with E-state index in [-0.39, 0.29) is 24.2 Å². The van der Waals surface area contributed by atoms with Crippen molar-refractivity contribution in [1.29, 1.82) is 0 Å². The number of aliphatic hydroxyl groups excluding tert-OH is 1. The van der Waals surface area contributed by atoms with Crippen LogP contribution in [0.15, 0.2) is 29.7 Å². The third kappa shape index (κ3) is 1.50. The summed E-state index contributed by atoms with van der Waals surface area (Å²) < 4.78 is 14.7. The van der Waals surface area contributed by atoms with Crippen LogP contribution in [-0.2, 0) is 4.74 Å². The average molecular weight is 277 g/mol. The minimum Gasteiger partial charge on any atom is -0.454 e. The van der Waals surface area contributed by atoms with E-state index >= 15 is 0 Å². The normalized spacial score (nSPS) is 30.9. The average Bonchev–Trinajstić information content (AvgIpc) is 3.11. The quantitative estimate of drug-likeness (QED) is 0.729. The van der Waals surface area contributed by atoms with Crippen molar-refractivity contribution >= 4 is 0 Å². The molecular formula is C11H11N5O4. The lowest BCUT2D eigenvalue weighted by Crippen LogP contribution is -2.33. The zero-order valence-electron chi connectivity index (χ0n) is 10.2. The molecule has 104 valence electrons. The molecule has 0 spiro atoms. The number of hydrogen-bond donors (Lipinski definition) is 1. The third-order valence-corrected chi connectivity index (χ3v) is 3.55. The number of hydrogen-bond acceptors (Lipinski definition) is 7. The number of ether oxygens (including phenoxy) is 2. The largest absolute Gasteiger partial charge is 0.454 e. The van der Waals surface area contributed by atoms with Gasteiger partial charge in [0.15, 0.2) is 12.3 Å². The van der Waals surface area contributed by atoms with Gasteiger partial charge in [-0.1, -0.05) is 0 Å². The maximum absolute atomic E-state index is 11.3. The molecule has 0 unspecified atom stereocenters. The number of aromatic nitrogens is 5. The lowest BCUT2D eigenvalue weighted by Gasteiger charge is -2.19. The first kappa shape index (κ1) is 11.6. The molecule has 0 saturated carbocycles. The molecule has 2 aliphatic heterocycles. The van der Waals surface area contributed by atoms with Crippen LogP contribution < -0.4 is 10.3 Å². The second kappa shape index (κ2) is 4.12.